The number of thiazole rings is 1. The van der Waals surface area contributed by atoms with Gasteiger partial charge in [0, 0.05) is 11.1 Å². The molecule has 1 aromatic carbocycles. The molecule has 0 atom stereocenters. The molecule has 0 saturated heterocycles. The fourth-order valence-electron chi connectivity index (χ4n) is 1.28. The Labute approximate surface area is 104 Å². The quantitative estimate of drug-likeness (QED) is 0.764. The van der Waals surface area contributed by atoms with Crippen LogP contribution in [0.25, 0.3) is 10.2 Å². The highest BCUT2D eigenvalue weighted by Crippen LogP contribution is 2.28. The van der Waals surface area contributed by atoms with Crippen LogP contribution >= 0.6 is 11.3 Å². The zero-order chi connectivity index (χ0) is 12.6. The molecule has 2 rings (SSSR count). The summed E-state index contributed by atoms with van der Waals surface area (Å²) in [7, 11) is 0. The van der Waals surface area contributed by atoms with Crippen LogP contribution in [0.5, 0.6) is 0 Å². The van der Waals surface area contributed by atoms with Crippen molar-refractivity contribution in [2.45, 2.75) is 20.8 Å². The molecule has 90 valence electrons. The highest BCUT2D eigenvalue weighted by molar-refractivity contribution is 7.22. The minimum absolute atomic E-state index is 0.0375. The molecule has 2 aromatic rings. The Bertz CT molecular complexity index is 569. The molecule has 1 amide bonds. The second kappa shape index (κ2) is 4.00. The van der Waals surface area contributed by atoms with E-state index in [1.807, 2.05) is 32.9 Å². The molecular formula is C12H15N3OS. The van der Waals surface area contributed by atoms with Crippen LogP contribution in [-0.2, 0) is 4.79 Å². The van der Waals surface area contributed by atoms with Crippen molar-refractivity contribution >= 4 is 38.3 Å². The van der Waals surface area contributed by atoms with E-state index in [0.29, 0.717) is 10.8 Å². The monoisotopic (exact) mass is 249 g/mol. The van der Waals surface area contributed by atoms with Crippen LogP contribution in [0.4, 0.5) is 10.8 Å². The molecule has 5 heteroatoms. The third-order valence-electron chi connectivity index (χ3n) is 2.31. The van der Waals surface area contributed by atoms with Crippen molar-refractivity contribution in [3.63, 3.8) is 0 Å². The minimum atomic E-state index is -0.420. The molecule has 4 nitrogen and oxygen atoms in total. The molecule has 17 heavy (non-hydrogen) atoms. The minimum Gasteiger partial charge on any atom is -0.399 e. The van der Waals surface area contributed by atoms with E-state index in [9.17, 15) is 4.79 Å². The Balaban J connectivity index is 2.29. The van der Waals surface area contributed by atoms with Crippen molar-refractivity contribution in [1.82, 2.24) is 4.98 Å². The first-order valence-corrected chi connectivity index (χ1v) is 6.15. The lowest BCUT2D eigenvalue weighted by molar-refractivity contribution is -0.123. The van der Waals surface area contributed by atoms with Crippen molar-refractivity contribution in [3.05, 3.63) is 18.2 Å². The van der Waals surface area contributed by atoms with Crippen molar-refractivity contribution in [3.8, 4) is 0 Å². The average Bonchev–Trinajstić information content (AvgIpc) is 2.57. The number of aromatic nitrogens is 1. The van der Waals surface area contributed by atoms with E-state index in [-0.39, 0.29) is 5.91 Å². The van der Waals surface area contributed by atoms with Crippen LogP contribution in [0.2, 0.25) is 0 Å². The van der Waals surface area contributed by atoms with Crippen LogP contribution in [0.1, 0.15) is 20.8 Å². The van der Waals surface area contributed by atoms with E-state index >= 15 is 0 Å². The first-order chi connectivity index (χ1) is 7.86. The molecule has 0 unspecified atom stereocenters. The Morgan fingerprint density at radius 3 is 2.76 bits per heavy atom. The fraction of sp³-hybridized carbons (Fsp3) is 0.333. The van der Waals surface area contributed by atoms with Crippen LogP contribution in [0.15, 0.2) is 18.2 Å². The molecule has 0 fully saturated rings. The maximum Gasteiger partial charge on any atom is 0.231 e. The number of carbonyl (C=O) groups excluding carboxylic acids is 1. The molecule has 0 aliphatic carbocycles. The van der Waals surface area contributed by atoms with Gasteiger partial charge in [0.15, 0.2) is 5.13 Å². The zero-order valence-electron chi connectivity index (χ0n) is 10.1. The summed E-state index contributed by atoms with van der Waals surface area (Å²) in [5.74, 6) is -0.0375. The Morgan fingerprint density at radius 2 is 2.12 bits per heavy atom. The van der Waals surface area contributed by atoms with E-state index < -0.39 is 5.41 Å². The summed E-state index contributed by atoms with van der Waals surface area (Å²) in [4.78, 5) is 16.1. The number of nitrogen functional groups attached to an aromatic ring is 1. The van der Waals surface area contributed by atoms with E-state index in [2.05, 4.69) is 10.3 Å². The predicted molar refractivity (Wildman–Crippen MR) is 72.1 cm³/mol. The average molecular weight is 249 g/mol. The maximum atomic E-state index is 11.8. The Morgan fingerprint density at radius 1 is 1.41 bits per heavy atom. The molecule has 0 bridgehead atoms. The number of carbonyl (C=O) groups is 1. The maximum absolute atomic E-state index is 11.8. The number of nitrogens with two attached hydrogens (primary N) is 1. The summed E-state index contributed by atoms with van der Waals surface area (Å²) in [6.45, 7) is 5.61. The highest BCUT2D eigenvalue weighted by Gasteiger charge is 2.22. The number of nitrogens with zero attached hydrogens (tertiary/aromatic N) is 1. The number of rotatable bonds is 1. The first-order valence-electron chi connectivity index (χ1n) is 5.34. The van der Waals surface area contributed by atoms with Gasteiger partial charge < -0.3 is 11.1 Å². The number of anilines is 2. The zero-order valence-corrected chi connectivity index (χ0v) is 10.9. The van der Waals surface area contributed by atoms with E-state index in [0.717, 1.165) is 10.2 Å². The summed E-state index contributed by atoms with van der Waals surface area (Å²) < 4.78 is 0.981. The molecule has 0 spiro atoms. The van der Waals surface area contributed by atoms with Gasteiger partial charge in [-0.3, -0.25) is 4.79 Å². The van der Waals surface area contributed by atoms with E-state index in [1.165, 1.54) is 11.3 Å². The molecule has 0 radical (unpaired) electrons. The van der Waals surface area contributed by atoms with Gasteiger partial charge in [0.1, 0.15) is 0 Å². The lowest BCUT2D eigenvalue weighted by Gasteiger charge is -2.15. The summed E-state index contributed by atoms with van der Waals surface area (Å²) >= 11 is 1.43. The molecule has 1 aromatic heterocycles. The molecule has 3 N–H and O–H groups in total. The summed E-state index contributed by atoms with van der Waals surface area (Å²) in [6.07, 6.45) is 0. The molecule has 0 aliphatic rings. The van der Waals surface area contributed by atoms with Gasteiger partial charge in [-0.05, 0) is 18.2 Å². The topological polar surface area (TPSA) is 68.0 Å². The first kappa shape index (κ1) is 11.9. The van der Waals surface area contributed by atoms with E-state index in [1.54, 1.807) is 6.07 Å². The summed E-state index contributed by atoms with van der Waals surface area (Å²) in [5.41, 5.74) is 6.83. The predicted octanol–water partition coefficient (Wildman–Crippen LogP) is 2.86. The van der Waals surface area contributed by atoms with Crippen LogP contribution in [-0.4, -0.2) is 10.9 Å². The van der Waals surface area contributed by atoms with Gasteiger partial charge in [-0.15, -0.1) is 0 Å². The normalized spacial score (nSPS) is 11.7. The van der Waals surface area contributed by atoms with Gasteiger partial charge in [0.05, 0.1) is 10.2 Å². The molecule has 0 saturated carbocycles. The van der Waals surface area contributed by atoms with Gasteiger partial charge in [0.25, 0.3) is 0 Å². The molecular weight excluding hydrogens is 234 g/mol. The Kier molecular flexibility index (Phi) is 2.79. The SMILES string of the molecule is CC(C)(C)C(=O)Nc1nc2ccc(N)cc2s1. The number of benzene rings is 1. The van der Waals surface area contributed by atoms with Gasteiger partial charge in [-0.2, -0.15) is 0 Å². The van der Waals surface area contributed by atoms with Crippen LogP contribution in [0.3, 0.4) is 0 Å². The number of hydrogen-bond donors (Lipinski definition) is 2. The third kappa shape index (κ3) is 2.55. The summed E-state index contributed by atoms with van der Waals surface area (Å²) in [5, 5.41) is 3.43. The molecule has 0 aliphatic heterocycles. The third-order valence-corrected chi connectivity index (χ3v) is 3.25. The number of amides is 1. The second-order valence-corrected chi connectivity index (χ2v) is 5.98. The van der Waals surface area contributed by atoms with Gasteiger partial charge in [-0.1, -0.05) is 32.1 Å². The second-order valence-electron chi connectivity index (χ2n) is 4.95. The fourth-order valence-corrected chi connectivity index (χ4v) is 2.19. The van der Waals surface area contributed by atoms with Gasteiger partial charge in [0.2, 0.25) is 5.91 Å². The highest BCUT2D eigenvalue weighted by atomic mass is 32.1. The van der Waals surface area contributed by atoms with Crippen LogP contribution in [0, 0.1) is 5.41 Å². The lowest BCUT2D eigenvalue weighted by atomic mass is 9.96. The number of hydrogen-bond acceptors (Lipinski definition) is 4. The van der Waals surface area contributed by atoms with Gasteiger partial charge >= 0.3 is 0 Å². The molecule has 1 heterocycles. The smallest absolute Gasteiger partial charge is 0.231 e. The number of nitrogens with one attached hydrogen (secondary N) is 1. The van der Waals surface area contributed by atoms with Crippen LogP contribution < -0.4 is 11.1 Å². The number of fused-ring (bicyclic) bond motifs is 1. The largest absolute Gasteiger partial charge is 0.399 e. The van der Waals surface area contributed by atoms with Gasteiger partial charge in [-0.25, -0.2) is 4.98 Å². The van der Waals surface area contributed by atoms with Crippen molar-refractivity contribution in [1.29, 1.82) is 0 Å². The summed E-state index contributed by atoms with van der Waals surface area (Å²) in [6, 6.07) is 5.52. The van der Waals surface area contributed by atoms with Crippen molar-refractivity contribution in [2.24, 2.45) is 5.41 Å². The lowest BCUT2D eigenvalue weighted by Crippen LogP contribution is -2.27. The Hall–Kier alpha value is -1.62. The van der Waals surface area contributed by atoms with E-state index in [4.69, 9.17) is 5.73 Å². The standard InChI is InChI=1S/C12H15N3OS/c1-12(2,3)10(16)15-11-14-8-5-4-7(13)6-9(8)17-11/h4-6H,13H2,1-3H3,(H,14,15,16). The van der Waals surface area contributed by atoms with Crippen molar-refractivity contribution < 1.29 is 4.79 Å². The van der Waals surface area contributed by atoms with Crippen molar-refractivity contribution in [2.75, 3.05) is 11.1 Å².